The second kappa shape index (κ2) is 8.97. The summed E-state index contributed by atoms with van der Waals surface area (Å²) in [5.41, 5.74) is 0. The van der Waals surface area contributed by atoms with Crippen molar-refractivity contribution in [3.8, 4) is 12.0 Å². The van der Waals surface area contributed by atoms with E-state index in [9.17, 15) is 17.3 Å². The largest absolute Gasteiger partial charge is 0.673 e. The van der Waals surface area contributed by atoms with E-state index in [0.717, 1.165) is 13.1 Å². The van der Waals surface area contributed by atoms with E-state index in [-0.39, 0.29) is 0 Å². The monoisotopic (exact) mass is 356 g/mol. The Hall–Kier alpha value is -1.69. The quantitative estimate of drug-likeness (QED) is 0.456. The topological polar surface area (TPSA) is 66.4 Å². The van der Waals surface area contributed by atoms with Crippen LogP contribution in [0.1, 0.15) is 13.8 Å². The average molecular weight is 356 g/mol. The van der Waals surface area contributed by atoms with E-state index in [1.54, 1.807) is 0 Å². The summed E-state index contributed by atoms with van der Waals surface area (Å²) in [5, 5.41) is 0. The van der Waals surface area contributed by atoms with Crippen molar-refractivity contribution in [1.29, 1.82) is 0 Å². The van der Waals surface area contributed by atoms with Gasteiger partial charge in [-0.15, -0.1) is 15.0 Å². The molecule has 0 bridgehead atoms. The highest BCUT2D eigenvalue weighted by Gasteiger charge is 2.33. The van der Waals surface area contributed by atoms with Gasteiger partial charge in [-0.05, 0) is 13.8 Å². The number of likely N-dealkylation sites (N-methyl/N-ethyl adjacent to an activating group) is 1. The molecule has 138 valence electrons. The molecular formula is C12H21BF4N4O3. The number of quaternary nitrogens is 1. The molecule has 1 fully saturated rings. The van der Waals surface area contributed by atoms with Crippen molar-refractivity contribution in [2.24, 2.45) is 0 Å². The predicted octanol–water partition coefficient (Wildman–Crippen LogP) is 1.94. The first-order valence-electron chi connectivity index (χ1n) is 7.49. The Balaban J connectivity index is 0.000000505. The van der Waals surface area contributed by atoms with Crippen LogP contribution in [-0.4, -0.2) is 68.8 Å². The number of hydrogen-bond acceptors (Lipinski definition) is 6. The molecule has 1 aromatic rings. The molecule has 0 saturated carbocycles. The number of aromatic nitrogens is 3. The molecule has 0 amide bonds. The van der Waals surface area contributed by atoms with Gasteiger partial charge in [-0.2, -0.15) is 0 Å². The van der Waals surface area contributed by atoms with Crippen molar-refractivity contribution in [1.82, 2.24) is 19.4 Å². The van der Waals surface area contributed by atoms with Crippen LogP contribution in [0.2, 0.25) is 0 Å². The molecule has 0 atom stereocenters. The van der Waals surface area contributed by atoms with Crippen molar-refractivity contribution in [2.75, 3.05) is 46.6 Å². The third-order valence-corrected chi connectivity index (χ3v) is 3.07. The fraction of sp³-hybridized carbons (Fsp3) is 0.750. The van der Waals surface area contributed by atoms with Crippen LogP contribution >= 0.6 is 0 Å². The van der Waals surface area contributed by atoms with Gasteiger partial charge in [0.1, 0.15) is 13.1 Å². The first-order chi connectivity index (χ1) is 11.2. The highest BCUT2D eigenvalue weighted by Crippen LogP contribution is 2.22. The summed E-state index contributed by atoms with van der Waals surface area (Å²) in [4.78, 5) is 12.9. The van der Waals surface area contributed by atoms with E-state index in [1.165, 1.54) is 0 Å². The van der Waals surface area contributed by atoms with Crippen molar-refractivity contribution in [3.05, 3.63) is 0 Å². The van der Waals surface area contributed by atoms with Crippen LogP contribution in [-0.2, 0) is 4.74 Å². The van der Waals surface area contributed by atoms with Gasteiger partial charge in [-0.25, -0.2) is 0 Å². The molecule has 0 spiro atoms. The standard InChI is InChI=1S/C12H21N4O3.BF4/c1-4-18-11-13-10(14-12(15-11)19-5-2)16(3)6-8-17-9-7-16;2-1(3,4)5/h4-9H2,1-3H3;/q+1;-1. The number of ether oxygens (including phenoxy) is 3. The van der Waals surface area contributed by atoms with Gasteiger partial charge in [-0.1, -0.05) is 0 Å². The molecule has 12 heteroatoms. The summed E-state index contributed by atoms with van der Waals surface area (Å²) >= 11 is 0. The molecule has 2 heterocycles. The molecule has 1 aromatic heterocycles. The maximum absolute atomic E-state index is 9.75. The Bertz CT molecular complexity index is 485. The summed E-state index contributed by atoms with van der Waals surface area (Å²) in [7, 11) is -3.91. The van der Waals surface area contributed by atoms with Crippen molar-refractivity contribution < 1.29 is 31.5 Å². The van der Waals surface area contributed by atoms with Gasteiger partial charge in [0.2, 0.25) is 0 Å². The van der Waals surface area contributed by atoms with Gasteiger partial charge in [0.05, 0.1) is 33.5 Å². The second-order valence-electron chi connectivity index (χ2n) is 5.02. The molecule has 1 aliphatic rings. The van der Waals surface area contributed by atoms with E-state index in [1.807, 2.05) is 13.8 Å². The molecule has 7 nitrogen and oxygen atoms in total. The van der Waals surface area contributed by atoms with Gasteiger partial charge in [-0.3, -0.25) is 4.48 Å². The Morgan fingerprint density at radius 1 is 0.958 bits per heavy atom. The minimum atomic E-state index is -6.00. The third-order valence-electron chi connectivity index (χ3n) is 3.07. The molecule has 24 heavy (non-hydrogen) atoms. The fourth-order valence-corrected chi connectivity index (χ4v) is 1.90. The molecular weight excluding hydrogens is 335 g/mol. The molecule has 1 aliphatic heterocycles. The third kappa shape index (κ3) is 7.26. The number of halogens is 4. The summed E-state index contributed by atoms with van der Waals surface area (Å²) in [6, 6.07) is 0.642. The number of rotatable bonds is 5. The Kier molecular flexibility index (Phi) is 7.61. The first-order valence-corrected chi connectivity index (χ1v) is 7.49. The number of nitrogens with zero attached hydrogens (tertiary/aromatic N) is 4. The Labute approximate surface area is 137 Å². The van der Waals surface area contributed by atoms with Gasteiger partial charge in [0.25, 0.3) is 0 Å². The molecule has 2 rings (SSSR count). The average Bonchev–Trinajstić information content (AvgIpc) is 2.47. The maximum Gasteiger partial charge on any atom is 0.673 e. The highest BCUT2D eigenvalue weighted by molar-refractivity contribution is 6.50. The molecule has 0 N–H and O–H groups in total. The predicted molar refractivity (Wildman–Crippen MR) is 80.6 cm³/mol. The van der Waals surface area contributed by atoms with Crippen molar-refractivity contribution in [3.63, 3.8) is 0 Å². The van der Waals surface area contributed by atoms with Crippen LogP contribution < -0.4 is 14.0 Å². The minimum absolute atomic E-state index is 0.321. The Morgan fingerprint density at radius 3 is 1.75 bits per heavy atom. The molecule has 1 saturated heterocycles. The van der Waals surface area contributed by atoms with Crippen LogP contribution in [0, 0.1) is 0 Å². The van der Waals surface area contributed by atoms with Crippen LogP contribution in [0.15, 0.2) is 0 Å². The SMILES string of the molecule is CCOc1nc(OCC)nc([N+]2(C)CCOCC2)n1.F[B-](F)(F)F. The molecule has 0 aliphatic carbocycles. The number of hydrogen-bond donors (Lipinski definition) is 0. The fourth-order valence-electron chi connectivity index (χ4n) is 1.90. The van der Waals surface area contributed by atoms with E-state index in [2.05, 4.69) is 22.0 Å². The minimum Gasteiger partial charge on any atom is -0.463 e. The van der Waals surface area contributed by atoms with Crippen LogP contribution in [0.25, 0.3) is 0 Å². The zero-order valence-corrected chi connectivity index (χ0v) is 13.8. The zero-order chi connectivity index (χ0) is 18.2. The zero-order valence-electron chi connectivity index (χ0n) is 13.8. The molecule has 0 aromatic carbocycles. The van der Waals surface area contributed by atoms with E-state index in [4.69, 9.17) is 14.2 Å². The Morgan fingerprint density at radius 2 is 1.38 bits per heavy atom. The summed E-state index contributed by atoms with van der Waals surface area (Å²) in [5.74, 6) is 0.671. The second-order valence-corrected chi connectivity index (χ2v) is 5.02. The maximum atomic E-state index is 9.75. The lowest BCUT2D eigenvalue weighted by molar-refractivity contribution is 0.0488. The summed E-state index contributed by atoms with van der Waals surface area (Å²) < 4.78 is 55.8. The molecule has 0 unspecified atom stereocenters. The summed E-state index contributed by atoms with van der Waals surface area (Å²) in [6.07, 6.45) is 0. The number of morpholine rings is 1. The lowest BCUT2D eigenvalue weighted by Gasteiger charge is -2.34. The highest BCUT2D eigenvalue weighted by atomic mass is 19.5. The van der Waals surface area contributed by atoms with Crippen LogP contribution in [0.5, 0.6) is 12.0 Å². The molecule has 0 radical (unpaired) electrons. The van der Waals surface area contributed by atoms with Crippen molar-refractivity contribution in [2.45, 2.75) is 13.8 Å². The van der Waals surface area contributed by atoms with E-state index >= 15 is 0 Å². The van der Waals surface area contributed by atoms with E-state index in [0.29, 0.717) is 48.9 Å². The van der Waals surface area contributed by atoms with Crippen LogP contribution in [0.3, 0.4) is 0 Å². The van der Waals surface area contributed by atoms with Gasteiger partial charge in [0, 0.05) is 0 Å². The van der Waals surface area contributed by atoms with Gasteiger partial charge < -0.3 is 31.5 Å². The first kappa shape index (κ1) is 20.4. The van der Waals surface area contributed by atoms with Crippen molar-refractivity contribution >= 4 is 13.2 Å². The normalized spacial score (nSPS) is 16.8. The van der Waals surface area contributed by atoms with Gasteiger partial charge in [0.15, 0.2) is 0 Å². The van der Waals surface area contributed by atoms with Gasteiger partial charge >= 0.3 is 25.2 Å². The lowest BCUT2D eigenvalue weighted by atomic mass is 10.3. The lowest BCUT2D eigenvalue weighted by Crippen LogP contribution is -2.54. The smallest absolute Gasteiger partial charge is 0.463 e. The summed E-state index contributed by atoms with van der Waals surface area (Å²) in [6.45, 7) is 7.90. The van der Waals surface area contributed by atoms with Crippen LogP contribution in [0.4, 0.5) is 23.2 Å². The van der Waals surface area contributed by atoms with E-state index < -0.39 is 7.25 Å².